The number of carbonyl (C=O) groups is 4. The molecule has 4 aliphatic heterocycles. The molecule has 3 unspecified atom stereocenters. The van der Waals surface area contributed by atoms with Crippen LogP contribution in [0, 0.1) is 34.5 Å². The Morgan fingerprint density at radius 3 is 2.51 bits per heavy atom. The summed E-state index contributed by atoms with van der Waals surface area (Å²) in [5.74, 6) is -7.97. The summed E-state index contributed by atoms with van der Waals surface area (Å²) in [6, 6.07) is 0. The molecule has 4 saturated heterocycles. The van der Waals surface area contributed by atoms with Crippen molar-refractivity contribution in [2.24, 2.45) is 34.5 Å². The van der Waals surface area contributed by atoms with Crippen LogP contribution in [0.5, 0.6) is 0 Å². The van der Waals surface area contributed by atoms with Crippen LogP contribution in [0.25, 0.3) is 0 Å². The maximum atomic E-state index is 14.6. The summed E-state index contributed by atoms with van der Waals surface area (Å²) in [6.45, 7) is 6.80. The van der Waals surface area contributed by atoms with Gasteiger partial charge in [-0.3, -0.25) is 14.4 Å². The van der Waals surface area contributed by atoms with Gasteiger partial charge in [0.15, 0.2) is 28.4 Å². The van der Waals surface area contributed by atoms with E-state index in [4.69, 9.17) is 14.2 Å². The van der Waals surface area contributed by atoms with Crippen molar-refractivity contribution >= 4 is 23.5 Å². The molecule has 198 valence electrons. The Morgan fingerprint density at radius 1 is 1.05 bits per heavy atom. The Kier molecular flexibility index (Phi) is 4.13. The zero-order valence-electron chi connectivity index (χ0n) is 21.4. The molecular weight excluding hydrogens is 480 g/mol. The number of hydrogen-bond acceptors (Lipinski definition) is 9. The lowest BCUT2D eigenvalue weighted by atomic mass is 9.46. The fourth-order valence-corrected chi connectivity index (χ4v) is 9.47. The minimum atomic E-state index is -2.39. The number of aliphatic hydroxyl groups is 2. The van der Waals surface area contributed by atoms with Crippen LogP contribution < -0.4 is 0 Å². The second-order valence-corrected chi connectivity index (χ2v) is 12.9. The number of carbonyl (C=O) groups excluding carboxylic acids is 4. The number of fused-ring (bicyclic) bond motifs is 9. The fraction of sp³-hybridized carbons (Fsp3) is 0.714. The number of Topliss-reactive ketones (excluding diaryl/α,β-unsaturated/α-hetero) is 1. The topological polar surface area (TPSA) is 136 Å². The third-order valence-electron chi connectivity index (χ3n) is 11.8. The van der Waals surface area contributed by atoms with E-state index in [2.05, 4.69) is 0 Å². The van der Waals surface area contributed by atoms with Gasteiger partial charge in [0.2, 0.25) is 5.79 Å². The second kappa shape index (κ2) is 6.43. The molecule has 9 nitrogen and oxygen atoms in total. The van der Waals surface area contributed by atoms with Crippen LogP contribution >= 0.6 is 0 Å². The van der Waals surface area contributed by atoms with Crippen molar-refractivity contribution < 1.29 is 43.6 Å². The fourth-order valence-electron chi connectivity index (χ4n) is 9.47. The first-order chi connectivity index (χ1) is 17.2. The highest BCUT2D eigenvalue weighted by Crippen LogP contribution is 2.73. The summed E-state index contributed by atoms with van der Waals surface area (Å²) >= 11 is 0. The molecule has 37 heavy (non-hydrogen) atoms. The molecule has 7 aliphatic rings. The first-order valence-corrected chi connectivity index (χ1v) is 13.3. The highest BCUT2D eigenvalue weighted by molar-refractivity contribution is 6.00. The zero-order valence-corrected chi connectivity index (χ0v) is 21.4. The van der Waals surface area contributed by atoms with Crippen molar-refractivity contribution in [1.82, 2.24) is 0 Å². The van der Waals surface area contributed by atoms with Crippen LogP contribution in [0.4, 0.5) is 0 Å². The van der Waals surface area contributed by atoms with Crippen LogP contribution in [0.2, 0.25) is 0 Å². The van der Waals surface area contributed by atoms with E-state index in [-0.39, 0.29) is 25.0 Å². The first kappa shape index (κ1) is 23.7. The molecule has 2 N–H and O–H groups in total. The normalized spacial score (nSPS) is 57.4. The molecule has 0 aromatic heterocycles. The minimum absolute atomic E-state index is 0.118. The van der Waals surface area contributed by atoms with E-state index >= 15 is 0 Å². The predicted octanol–water partition coefficient (Wildman–Crippen LogP) is 1.54. The van der Waals surface area contributed by atoms with Gasteiger partial charge in [-0.2, -0.15) is 0 Å². The summed E-state index contributed by atoms with van der Waals surface area (Å²) in [5.41, 5.74) is -7.09. The van der Waals surface area contributed by atoms with Crippen LogP contribution in [0.15, 0.2) is 23.8 Å². The number of ketones is 2. The summed E-state index contributed by atoms with van der Waals surface area (Å²) in [4.78, 5) is 54.5. The van der Waals surface area contributed by atoms with Gasteiger partial charge in [0.1, 0.15) is 6.10 Å². The average Bonchev–Trinajstić information content (AvgIpc) is 3.19. The molecule has 4 bridgehead atoms. The number of esters is 2. The van der Waals surface area contributed by atoms with Crippen molar-refractivity contribution in [1.29, 1.82) is 0 Å². The van der Waals surface area contributed by atoms with E-state index < -0.39 is 80.9 Å². The number of rotatable bonds is 0. The van der Waals surface area contributed by atoms with E-state index in [1.54, 1.807) is 19.9 Å². The molecule has 1 spiro atoms. The molecule has 7 rings (SSSR count). The standard InChI is InChI=1S/C28H32O9/c1-13-21(31)35-18-12-23(13,2)19-20(30)27(34)16-9-8-14-6-5-7-17(29)24(14,3)15(16)10-11-26(33)22(32)36-25(18,4)28(19,26)37-27/h5,7-8,13,15-16,18-19,33-34H,6,9-12H2,1-4H3/t13-,15?,16?,18+,19?,23+,24-,25-,26-,27+,28-/m0/s1. The molecule has 11 atom stereocenters. The molecule has 4 heterocycles. The van der Waals surface area contributed by atoms with Crippen molar-refractivity contribution in [3.05, 3.63) is 23.8 Å². The summed E-state index contributed by atoms with van der Waals surface area (Å²) in [7, 11) is 0. The second-order valence-electron chi connectivity index (χ2n) is 12.9. The minimum Gasteiger partial charge on any atom is -0.458 e. The van der Waals surface area contributed by atoms with Gasteiger partial charge in [0, 0.05) is 5.92 Å². The van der Waals surface area contributed by atoms with Crippen molar-refractivity contribution in [2.45, 2.75) is 88.5 Å². The van der Waals surface area contributed by atoms with Gasteiger partial charge >= 0.3 is 11.9 Å². The van der Waals surface area contributed by atoms with Crippen LogP contribution in [-0.2, 0) is 33.4 Å². The molecule has 0 aromatic rings. The quantitative estimate of drug-likeness (QED) is 0.366. The maximum Gasteiger partial charge on any atom is 0.342 e. The number of allylic oxidation sites excluding steroid dienone is 4. The molecule has 0 aromatic carbocycles. The van der Waals surface area contributed by atoms with Crippen molar-refractivity contribution in [3.63, 3.8) is 0 Å². The smallest absolute Gasteiger partial charge is 0.342 e. The third kappa shape index (κ3) is 2.17. The van der Waals surface area contributed by atoms with Gasteiger partial charge in [0.05, 0.1) is 17.3 Å². The zero-order chi connectivity index (χ0) is 26.6. The number of hydrogen-bond donors (Lipinski definition) is 2. The Balaban J connectivity index is 1.50. The van der Waals surface area contributed by atoms with Gasteiger partial charge in [-0.15, -0.1) is 0 Å². The van der Waals surface area contributed by atoms with E-state index in [1.807, 2.05) is 13.0 Å². The molecule has 0 amide bonds. The van der Waals surface area contributed by atoms with Crippen LogP contribution in [0.3, 0.4) is 0 Å². The Morgan fingerprint density at radius 2 is 1.78 bits per heavy atom. The van der Waals surface area contributed by atoms with Gasteiger partial charge in [-0.25, -0.2) is 4.79 Å². The summed E-state index contributed by atoms with van der Waals surface area (Å²) < 4.78 is 18.1. The van der Waals surface area contributed by atoms with Gasteiger partial charge in [-0.1, -0.05) is 31.6 Å². The molecule has 5 fully saturated rings. The van der Waals surface area contributed by atoms with E-state index in [0.29, 0.717) is 12.8 Å². The third-order valence-corrected chi connectivity index (χ3v) is 11.8. The first-order valence-electron chi connectivity index (χ1n) is 13.3. The van der Waals surface area contributed by atoms with E-state index in [0.717, 1.165) is 5.57 Å². The highest BCUT2D eigenvalue weighted by Gasteiger charge is 2.91. The lowest BCUT2D eigenvalue weighted by Gasteiger charge is -2.61. The van der Waals surface area contributed by atoms with Crippen molar-refractivity contribution in [2.75, 3.05) is 0 Å². The van der Waals surface area contributed by atoms with Crippen molar-refractivity contribution in [3.8, 4) is 0 Å². The molecular formula is C28H32O9. The molecule has 1 saturated carbocycles. The number of ether oxygens (including phenoxy) is 3. The van der Waals surface area contributed by atoms with Gasteiger partial charge < -0.3 is 24.4 Å². The highest BCUT2D eigenvalue weighted by atomic mass is 16.7. The largest absolute Gasteiger partial charge is 0.458 e. The van der Waals surface area contributed by atoms with Gasteiger partial charge in [-0.05, 0) is 63.4 Å². The lowest BCUT2D eigenvalue weighted by molar-refractivity contribution is -0.346. The molecule has 0 radical (unpaired) electrons. The summed E-state index contributed by atoms with van der Waals surface area (Å²) in [5, 5.41) is 24.6. The van der Waals surface area contributed by atoms with E-state index in [9.17, 15) is 29.4 Å². The Bertz CT molecular complexity index is 1270. The molecule has 3 aliphatic carbocycles. The monoisotopic (exact) mass is 512 g/mol. The maximum absolute atomic E-state index is 14.6. The lowest BCUT2D eigenvalue weighted by Crippen LogP contribution is -2.78. The van der Waals surface area contributed by atoms with Crippen LogP contribution in [0.1, 0.15) is 59.8 Å². The van der Waals surface area contributed by atoms with E-state index in [1.165, 1.54) is 13.0 Å². The Hall–Kier alpha value is -2.36. The van der Waals surface area contributed by atoms with Gasteiger partial charge in [0.25, 0.3) is 0 Å². The predicted molar refractivity (Wildman–Crippen MR) is 124 cm³/mol. The Labute approximate surface area is 214 Å². The summed E-state index contributed by atoms with van der Waals surface area (Å²) in [6.07, 6.45) is 5.49. The van der Waals surface area contributed by atoms with Crippen LogP contribution in [-0.4, -0.2) is 62.4 Å². The SMILES string of the molecule is C[C@H]1C(=O)O[C@@H]2C[C@@]1(C)C1C(=O)[C@]3(O)O[C@]14[C@@]2(C)OC(=O)[C@@]4(O)CCC1C3CC=C2CC=CC(=O)[C@@]21C. The average molecular weight is 513 g/mol. The molecule has 9 heteroatoms.